The molecule has 0 bridgehead atoms. The van der Waals surface area contributed by atoms with Crippen molar-refractivity contribution in [3.05, 3.63) is 28.3 Å². The lowest BCUT2D eigenvalue weighted by atomic mass is 9.98. The summed E-state index contributed by atoms with van der Waals surface area (Å²) in [6.45, 7) is 7.27. The summed E-state index contributed by atoms with van der Waals surface area (Å²) in [5, 5.41) is 3.70. The monoisotopic (exact) mass is 366 g/mol. The Morgan fingerprint density at radius 2 is 2.04 bits per heavy atom. The Balaban J connectivity index is 2.14. The van der Waals surface area contributed by atoms with Crippen molar-refractivity contribution >= 4 is 29.3 Å². The maximum Gasteiger partial charge on any atom is 0.321 e. The molecule has 6 heteroatoms. The summed E-state index contributed by atoms with van der Waals surface area (Å²) < 4.78 is 5.10. The Bertz CT molecular complexity index is 633. The molecule has 0 unspecified atom stereocenters. The van der Waals surface area contributed by atoms with Gasteiger partial charge < -0.3 is 15.0 Å². The minimum atomic E-state index is -0.241. The minimum Gasteiger partial charge on any atom is -0.466 e. The van der Waals surface area contributed by atoms with Gasteiger partial charge in [0.1, 0.15) is 0 Å². The number of esters is 1. The fourth-order valence-corrected chi connectivity index (χ4v) is 3.56. The molecule has 2 amide bonds. The molecule has 1 heterocycles. The third kappa shape index (κ3) is 4.66. The molecular weight excluding hydrogens is 340 g/mol. The highest BCUT2D eigenvalue weighted by Crippen LogP contribution is 2.30. The predicted octanol–water partition coefficient (Wildman–Crippen LogP) is 4.27. The van der Waals surface area contributed by atoms with E-state index < -0.39 is 0 Å². The van der Waals surface area contributed by atoms with E-state index in [1.54, 1.807) is 11.8 Å². The number of rotatable bonds is 5. The first kappa shape index (κ1) is 19.6. The van der Waals surface area contributed by atoms with Crippen molar-refractivity contribution < 1.29 is 14.3 Å². The van der Waals surface area contributed by atoms with Gasteiger partial charge in [-0.25, -0.2) is 4.79 Å². The molecule has 0 aliphatic carbocycles. The SMILES string of the molecule is CCOC(=O)[C@H]1CCCN(C(=O)Nc2c(CC)ccc(Cl)c2CC)C1. The van der Waals surface area contributed by atoms with Gasteiger partial charge in [0.15, 0.2) is 0 Å². The van der Waals surface area contributed by atoms with Gasteiger partial charge >= 0.3 is 12.0 Å². The Hall–Kier alpha value is -1.75. The quantitative estimate of drug-likeness (QED) is 0.791. The normalized spacial score (nSPS) is 17.3. The van der Waals surface area contributed by atoms with Crippen LogP contribution >= 0.6 is 11.6 Å². The van der Waals surface area contributed by atoms with Crippen molar-refractivity contribution in [3.63, 3.8) is 0 Å². The lowest BCUT2D eigenvalue weighted by Gasteiger charge is -2.32. The molecule has 1 aromatic rings. The highest BCUT2D eigenvalue weighted by Gasteiger charge is 2.29. The molecule has 1 aromatic carbocycles. The van der Waals surface area contributed by atoms with Crippen molar-refractivity contribution in [1.29, 1.82) is 0 Å². The van der Waals surface area contributed by atoms with Crippen LogP contribution in [-0.4, -0.2) is 36.6 Å². The van der Waals surface area contributed by atoms with Crippen molar-refractivity contribution in [3.8, 4) is 0 Å². The lowest BCUT2D eigenvalue weighted by Crippen LogP contribution is -2.45. The van der Waals surface area contributed by atoms with Crippen LogP contribution in [0.3, 0.4) is 0 Å². The van der Waals surface area contributed by atoms with Gasteiger partial charge in [-0.05, 0) is 49.8 Å². The standard InChI is InChI=1S/C19H27ClN2O3/c1-4-13-9-10-16(20)15(5-2)17(13)21-19(24)22-11-7-8-14(12-22)18(23)25-6-3/h9-10,14H,4-8,11-12H2,1-3H3,(H,21,24)/t14-/m0/s1. The summed E-state index contributed by atoms with van der Waals surface area (Å²) >= 11 is 6.30. The van der Waals surface area contributed by atoms with Crippen LogP contribution in [0.4, 0.5) is 10.5 Å². The molecule has 0 aromatic heterocycles. The Morgan fingerprint density at radius 1 is 1.28 bits per heavy atom. The second-order valence-electron chi connectivity index (χ2n) is 6.23. The van der Waals surface area contributed by atoms with Crippen LogP contribution in [0.5, 0.6) is 0 Å². The van der Waals surface area contributed by atoms with Gasteiger partial charge in [0.05, 0.1) is 18.2 Å². The topological polar surface area (TPSA) is 58.6 Å². The summed E-state index contributed by atoms with van der Waals surface area (Å²) in [6, 6.07) is 3.65. The molecule has 2 rings (SSSR count). The minimum absolute atomic E-state index is 0.180. The molecule has 1 aliphatic heterocycles. The van der Waals surface area contributed by atoms with Gasteiger partial charge in [-0.1, -0.05) is 31.5 Å². The van der Waals surface area contributed by atoms with E-state index in [0.29, 0.717) is 24.7 Å². The van der Waals surface area contributed by atoms with E-state index >= 15 is 0 Å². The molecule has 0 radical (unpaired) electrons. The summed E-state index contributed by atoms with van der Waals surface area (Å²) in [4.78, 5) is 26.4. The van der Waals surface area contributed by atoms with Crippen molar-refractivity contribution in [1.82, 2.24) is 4.90 Å². The molecule has 1 N–H and O–H groups in total. The number of hydrogen-bond donors (Lipinski definition) is 1. The van der Waals surface area contributed by atoms with Crippen LogP contribution in [0.15, 0.2) is 12.1 Å². The number of hydrogen-bond acceptors (Lipinski definition) is 3. The summed E-state index contributed by atoms with van der Waals surface area (Å²) in [7, 11) is 0. The van der Waals surface area contributed by atoms with Gasteiger partial charge in [0.25, 0.3) is 0 Å². The maximum absolute atomic E-state index is 12.8. The van der Waals surface area contributed by atoms with E-state index in [0.717, 1.165) is 42.5 Å². The number of carbonyl (C=O) groups is 2. The second-order valence-corrected chi connectivity index (χ2v) is 6.64. The molecule has 0 spiro atoms. The van der Waals surface area contributed by atoms with Crippen LogP contribution in [-0.2, 0) is 22.4 Å². The fourth-order valence-electron chi connectivity index (χ4n) is 3.27. The zero-order chi connectivity index (χ0) is 18.4. The molecule has 0 saturated carbocycles. The van der Waals surface area contributed by atoms with Crippen molar-refractivity contribution in [2.24, 2.45) is 5.92 Å². The number of carbonyl (C=O) groups excluding carboxylic acids is 2. The van der Waals surface area contributed by atoms with Gasteiger partial charge in [0.2, 0.25) is 0 Å². The van der Waals surface area contributed by atoms with Crippen molar-refractivity contribution in [2.45, 2.75) is 46.5 Å². The first-order chi connectivity index (χ1) is 12.0. The Kier molecular flexibility index (Phi) is 7.12. The number of aryl methyl sites for hydroxylation is 1. The Morgan fingerprint density at radius 3 is 2.68 bits per heavy atom. The van der Waals surface area contributed by atoms with Gasteiger partial charge in [-0.15, -0.1) is 0 Å². The molecule has 25 heavy (non-hydrogen) atoms. The second kappa shape index (κ2) is 9.09. The number of nitrogens with one attached hydrogen (secondary N) is 1. The molecule has 1 atom stereocenters. The first-order valence-corrected chi connectivity index (χ1v) is 9.42. The van der Waals surface area contributed by atoms with Gasteiger partial charge in [-0.2, -0.15) is 0 Å². The molecule has 1 saturated heterocycles. The zero-order valence-electron chi connectivity index (χ0n) is 15.2. The highest BCUT2D eigenvalue weighted by molar-refractivity contribution is 6.32. The predicted molar refractivity (Wildman–Crippen MR) is 100 cm³/mol. The van der Waals surface area contributed by atoms with Crippen LogP contribution < -0.4 is 5.32 Å². The van der Waals surface area contributed by atoms with E-state index in [1.807, 2.05) is 19.1 Å². The average molecular weight is 367 g/mol. The number of urea groups is 1. The zero-order valence-corrected chi connectivity index (χ0v) is 16.0. The van der Waals surface area contributed by atoms with Crippen LogP contribution in [0.2, 0.25) is 5.02 Å². The number of nitrogens with zero attached hydrogens (tertiary/aromatic N) is 1. The van der Waals surface area contributed by atoms with Crippen molar-refractivity contribution in [2.75, 3.05) is 25.0 Å². The van der Waals surface area contributed by atoms with E-state index in [-0.39, 0.29) is 17.9 Å². The van der Waals surface area contributed by atoms with Gasteiger partial charge in [0, 0.05) is 18.1 Å². The fraction of sp³-hybridized carbons (Fsp3) is 0.579. The summed E-state index contributed by atoms with van der Waals surface area (Å²) in [5.41, 5.74) is 2.82. The molecule has 5 nitrogen and oxygen atoms in total. The molecule has 1 aliphatic rings. The maximum atomic E-state index is 12.8. The van der Waals surface area contributed by atoms with Crippen LogP contribution in [0.25, 0.3) is 0 Å². The van der Waals surface area contributed by atoms with E-state index in [4.69, 9.17) is 16.3 Å². The van der Waals surface area contributed by atoms with Gasteiger partial charge in [-0.3, -0.25) is 4.79 Å². The third-order valence-corrected chi connectivity index (χ3v) is 4.99. The highest BCUT2D eigenvalue weighted by atomic mass is 35.5. The van der Waals surface area contributed by atoms with Crippen LogP contribution in [0.1, 0.15) is 44.7 Å². The van der Waals surface area contributed by atoms with E-state index in [1.165, 1.54) is 0 Å². The number of ether oxygens (including phenoxy) is 1. The average Bonchev–Trinajstić information content (AvgIpc) is 2.62. The largest absolute Gasteiger partial charge is 0.466 e. The number of likely N-dealkylation sites (tertiary alicyclic amines) is 1. The number of anilines is 1. The van der Waals surface area contributed by atoms with E-state index in [9.17, 15) is 9.59 Å². The smallest absolute Gasteiger partial charge is 0.321 e. The first-order valence-electron chi connectivity index (χ1n) is 9.04. The summed E-state index contributed by atoms with van der Waals surface area (Å²) in [5.74, 6) is -0.457. The number of amides is 2. The molecule has 1 fully saturated rings. The summed E-state index contributed by atoms with van der Waals surface area (Å²) in [6.07, 6.45) is 3.12. The molecular formula is C19H27ClN2O3. The number of benzene rings is 1. The third-order valence-electron chi connectivity index (χ3n) is 4.64. The van der Waals surface area contributed by atoms with E-state index in [2.05, 4.69) is 12.2 Å². The number of halogens is 1. The lowest BCUT2D eigenvalue weighted by molar-refractivity contribution is -0.149. The number of piperidine rings is 1. The van der Waals surface area contributed by atoms with Crippen LogP contribution in [0, 0.1) is 5.92 Å². The molecule has 138 valence electrons. The Labute approximate surface area is 154 Å².